The second-order valence-corrected chi connectivity index (χ2v) is 4.77. The van der Waals surface area contributed by atoms with E-state index in [0.717, 1.165) is 12.8 Å². The van der Waals surface area contributed by atoms with Gasteiger partial charge in [0.15, 0.2) is 0 Å². The fourth-order valence-corrected chi connectivity index (χ4v) is 2.22. The van der Waals surface area contributed by atoms with Gasteiger partial charge in [-0.25, -0.2) is 0 Å². The van der Waals surface area contributed by atoms with Crippen molar-refractivity contribution in [3.8, 4) is 0 Å². The molecular weight excluding hydrogens is 168 g/mol. The molecule has 0 aliphatic heterocycles. The Hall–Kier alpha value is -1.04. The molecule has 0 aromatic rings. The highest BCUT2D eigenvalue weighted by Crippen LogP contribution is 2.42. The van der Waals surface area contributed by atoms with E-state index in [0.29, 0.717) is 0 Å². The van der Waals surface area contributed by atoms with Crippen LogP contribution in [0.15, 0.2) is 47.1 Å². The van der Waals surface area contributed by atoms with Crippen LogP contribution in [-0.4, -0.2) is 0 Å². The lowest BCUT2D eigenvalue weighted by molar-refractivity contribution is 0.522. The van der Waals surface area contributed by atoms with Crippen LogP contribution in [0.1, 0.15) is 33.6 Å². The van der Waals surface area contributed by atoms with E-state index in [9.17, 15) is 0 Å². The van der Waals surface area contributed by atoms with Crippen molar-refractivity contribution in [1.82, 2.24) is 0 Å². The van der Waals surface area contributed by atoms with Gasteiger partial charge in [0.2, 0.25) is 0 Å². The molecule has 2 rings (SSSR count). The van der Waals surface area contributed by atoms with Crippen molar-refractivity contribution < 1.29 is 0 Å². The molecule has 0 saturated heterocycles. The van der Waals surface area contributed by atoms with Gasteiger partial charge in [0.25, 0.3) is 0 Å². The Bertz CT molecular complexity index is 359. The molecule has 74 valence electrons. The SMILES string of the molecule is CC1=CCC(C(C)(C)C2=CC=CC2)=C1. The Balaban J connectivity index is 2.21. The minimum absolute atomic E-state index is 0.248. The molecule has 0 radical (unpaired) electrons. The summed E-state index contributed by atoms with van der Waals surface area (Å²) in [4.78, 5) is 0. The fourth-order valence-electron chi connectivity index (χ4n) is 2.22. The highest BCUT2D eigenvalue weighted by molar-refractivity contribution is 5.42. The van der Waals surface area contributed by atoms with Gasteiger partial charge in [0.05, 0.1) is 0 Å². The third-order valence-corrected chi connectivity index (χ3v) is 3.42. The van der Waals surface area contributed by atoms with Crippen LogP contribution in [0.5, 0.6) is 0 Å². The molecule has 0 heteroatoms. The van der Waals surface area contributed by atoms with E-state index >= 15 is 0 Å². The summed E-state index contributed by atoms with van der Waals surface area (Å²) in [6, 6.07) is 0. The average molecular weight is 186 g/mol. The molecular formula is C14H18. The molecule has 0 nitrogen and oxygen atoms in total. The van der Waals surface area contributed by atoms with Crippen LogP contribution in [0.4, 0.5) is 0 Å². The van der Waals surface area contributed by atoms with Crippen molar-refractivity contribution >= 4 is 0 Å². The summed E-state index contributed by atoms with van der Waals surface area (Å²) in [7, 11) is 0. The van der Waals surface area contributed by atoms with Gasteiger partial charge in [0.1, 0.15) is 0 Å². The predicted octanol–water partition coefficient (Wildman–Crippen LogP) is 4.18. The second-order valence-electron chi connectivity index (χ2n) is 4.77. The third kappa shape index (κ3) is 1.50. The van der Waals surface area contributed by atoms with Crippen LogP contribution in [-0.2, 0) is 0 Å². The van der Waals surface area contributed by atoms with Crippen LogP contribution in [0.2, 0.25) is 0 Å². The van der Waals surface area contributed by atoms with E-state index in [1.165, 1.54) is 5.57 Å². The Morgan fingerprint density at radius 1 is 1.14 bits per heavy atom. The lowest BCUT2D eigenvalue weighted by atomic mass is 9.76. The van der Waals surface area contributed by atoms with E-state index in [4.69, 9.17) is 0 Å². The zero-order chi connectivity index (χ0) is 10.2. The van der Waals surface area contributed by atoms with Crippen molar-refractivity contribution in [1.29, 1.82) is 0 Å². The van der Waals surface area contributed by atoms with Gasteiger partial charge >= 0.3 is 0 Å². The van der Waals surface area contributed by atoms with Gasteiger partial charge in [-0.05, 0) is 19.8 Å². The van der Waals surface area contributed by atoms with Crippen LogP contribution < -0.4 is 0 Å². The lowest BCUT2D eigenvalue weighted by Crippen LogP contribution is -2.16. The van der Waals surface area contributed by atoms with E-state index < -0.39 is 0 Å². The minimum Gasteiger partial charge on any atom is -0.0804 e. The Kier molecular flexibility index (Phi) is 2.22. The maximum atomic E-state index is 2.35. The first-order valence-corrected chi connectivity index (χ1v) is 5.34. The van der Waals surface area contributed by atoms with Crippen LogP contribution >= 0.6 is 0 Å². The monoisotopic (exact) mass is 186 g/mol. The summed E-state index contributed by atoms with van der Waals surface area (Å²) in [6.07, 6.45) is 13.6. The highest BCUT2D eigenvalue weighted by Gasteiger charge is 2.28. The highest BCUT2D eigenvalue weighted by atomic mass is 14.3. The topological polar surface area (TPSA) is 0 Å². The van der Waals surface area contributed by atoms with Crippen LogP contribution in [0.3, 0.4) is 0 Å². The van der Waals surface area contributed by atoms with Crippen molar-refractivity contribution in [2.24, 2.45) is 5.41 Å². The summed E-state index contributed by atoms with van der Waals surface area (Å²) in [5, 5.41) is 0. The normalized spacial score (nSPS) is 20.9. The molecule has 0 spiro atoms. The second kappa shape index (κ2) is 3.27. The lowest BCUT2D eigenvalue weighted by Gasteiger charge is -2.28. The molecule has 0 fully saturated rings. The molecule has 0 N–H and O–H groups in total. The van der Waals surface area contributed by atoms with Crippen LogP contribution in [0.25, 0.3) is 0 Å². The predicted molar refractivity (Wildman–Crippen MR) is 62.1 cm³/mol. The number of hydrogen-bond acceptors (Lipinski definition) is 0. The fraction of sp³-hybridized carbons (Fsp3) is 0.429. The molecule has 0 atom stereocenters. The summed E-state index contributed by atoms with van der Waals surface area (Å²) >= 11 is 0. The van der Waals surface area contributed by atoms with Gasteiger partial charge in [-0.1, -0.05) is 60.9 Å². The summed E-state index contributed by atoms with van der Waals surface area (Å²) in [5.41, 5.74) is 4.77. The molecule has 2 aliphatic carbocycles. The minimum atomic E-state index is 0.248. The molecule has 2 aliphatic rings. The van der Waals surface area contributed by atoms with Crippen LogP contribution in [0, 0.1) is 5.41 Å². The van der Waals surface area contributed by atoms with E-state index in [1.807, 2.05) is 0 Å². The molecule has 0 amide bonds. The molecule has 0 aromatic heterocycles. The third-order valence-electron chi connectivity index (χ3n) is 3.42. The molecule has 0 aromatic carbocycles. The Labute approximate surface area is 86.7 Å². The summed E-state index contributed by atoms with van der Waals surface area (Å²) in [5.74, 6) is 0. The van der Waals surface area contributed by atoms with Gasteiger partial charge < -0.3 is 0 Å². The number of hydrogen-bond donors (Lipinski definition) is 0. The summed E-state index contributed by atoms with van der Waals surface area (Å²) < 4.78 is 0. The zero-order valence-electron chi connectivity index (χ0n) is 9.30. The van der Waals surface area contributed by atoms with Gasteiger partial charge in [0, 0.05) is 5.41 Å². The van der Waals surface area contributed by atoms with Gasteiger partial charge in [-0.3, -0.25) is 0 Å². The first kappa shape index (κ1) is 9.51. The van der Waals surface area contributed by atoms with Gasteiger partial charge in [-0.2, -0.15) is 0 Å². The largest absolute Gasteiger partial charge is 0.0804 e. The quantitative estimate of drug-likeness (QED) is 0.607. The molecule has 0 saturated carbocycles. The maximum Gasteiger partial charge on any atom is 0.00765 e. The first-order valence-electron chi connectivity index (χ1n) is 5.34. The number of allylic oxidation sites excluding steroid dienone is 8. The molecule has 0 heterocycles. The molecule has 0 bridgehead atoms. The number of rotatable bonds is 2. The maximum absolute atomic E-state index is 2.35. The Morgan fingerprint density at radius 3 is 2.43 bits per heavy atom. The van der Waals surface area contributed by atoms with Crippen molar-refractivity contribution in [2.75, 3.05) is 0 Å². The zero-order valence-corrected chi connectivity index (χ0v) is 9.30. The molecule has 0 unspecified atom stereocenters. The van der Waals surface area contributed by atoms with Crippen molar-refractivity contribution in [3.63, 3.8) is 0 Å². The van der Waals surface area contributed by atoms with E-state index in [-0.39, 0.29) is 5.41 Å². The Morgan fingerprint density at radius 2 is 1.93 bits per heavy atom. The average Bonchev–Trinajstić information content (AvgIpc) is 2.72. The van der Waals surface area contributed by atoms with Gasteiger partial charge in [-0.15, -0.1) is 0 Å². The van der Waals surface area contributed by atoms with E-state index in [1.54, 1.807) is 11.1 Å². The van der Waals surface area contributed by atoms with E-state index in [2.05, 4.69) is 51.2 Å². The molecule has 14 heavy (non-hydrogen) atoms. The van der Waals surface area contributed by atoms with Crippen molar-refractivity contribution in [2.45, 2.75) is 33.6 Å². The standard InChI is InChI=1S/C14H18/c1-11-8-9-13(10-11)14(2,3)12-6-4-5-7-12/h4-6,8,10H,7,9H2,1-3H3. The summed E-state index contributed by atoms with van der Waals surface area (Å²) in [6.45, 7) is 6.86. The smallest absolute Gasteiger partial charge is 0.00765 e. The first-order chi connectivity index (χ1) is 6.60. The van der Waals surface area contributed by atoms with Crippen molar-refractivity contribution in [3.05, 3.63) is 47.1 Å².